The van der Waals surface area contributed by atoms with Crippen LogP contribution in [-0.4, -0.2) is 27.3 Å². The van der Waals surface area contributed by atoms with Crippen LogP contribution in [0.15, 0.2) is 63.2 Å². The van der Waals surface area contributed by atoms with Crippen LogP contribution in [0.3, 0.4) is 0 Å². The van der Waals surface area contributed by atoms with Gasteiger partial charge >= 0.3 is 0 Å². The summed E-state index contributed by atoms with van der Waals surface area (Å²) < 4.78 is 1.66. The standard InChI is InChI=1S/C27H27N3O2S3/c1-16(20-13-17-9-10-18(20)12-17)28-23(31)15-35-27-29-25-24(21(14-34-25)22-8-5-11-33-22)26(32)30(27)19-6-3-2-4-7-19/h2-8,11,14,16-18,20H,9-10,12-13,15H2,1H3,(H,28,31)/t16-,17+,18+,20-/m0/s1. The molecular weight excluding hydrogens is 495 g/mol. The number of fused-ring (bicyclic) bond motifs is 3. The maximum atomic E-state index is 13.8. The second-order valence-corrected chi connectivity index (χ2v) is 12.4. The molecule has 0 saturated heterocycles. The van der Waals surface area contributed by atoms with Gasteiger partial charge in [0.25, 0.3) is 5.56 Å². The van der Waals surface area contributed by atoms with Crippen molar-refractivity contribution in [3.63, 3.8) is 0 Å². The van der Waals surface area contributed by atoms with Crippen molar-refractivity contribution in [2.24, 2.45) is 17.8 Å². The van der Waals surface area contributed by atoms with Gasteiger partial charge in [0.1, 0.15) is 4.83 Å². The monoisotopic (exact) mass is 521 g/mol. The Balaban J connectivity index is 1.28. The minimum atomic E-state index is -0.0934. The molecule has 2 fully saturated rings. The zero-order valence-corrected chi connectivity index (χ0v) is 21.9. The lowest BCUT2D eigenvalue weighted by molar-refractivity contribution is -0.119. The normalized spacial score (nSPS) is 22.0. The predicted octanol–water partition coefficient (Wildman–Crippen LogP) is 6.21. The fourth-order valence-electron chi connectivity index (χ4n) is 5.93. The lowest BCUT2D eigenvalue weighted by Gasteiger charge is -2.28. The van der Waals surface area contributed by atoms with Crippen molar-refractivity contribution in [2.75, 3.05) is 5.75 Å². The molecule has 6 rings (SSSR count). The zero-order valence-electron chi connectivity index (χ0n) is 19.5. The van der Waals surface area contributed by atoms with Gasteiger partial charge in [0, 0.05) is 21.9 Å². The Morgan fingerprint density at radius 1 is 1.17 bits per heavy atom. The zero-order chi connectivity index (χ0) is 23.9. The molecule has 0 aliphatic heterocycles. The minimum absolute atomic E-state index is 0.00434. The molecule has 1 amide bonds. The first kappa shape index (κ1) is 23.0. The number of aromatic nitrogens is 2. The van der Waals surface area contributed by atoms with Gasteiger partial charge in [0.15, 0.2) is 5.16 Å². The van der Waals surface area contributed by atoms with Crippen LogP contribution < -0.4 is 10.9 Å². The van der Waals surface area contributed by atoms with Crippen LogP contribution in [0.1, 0.15) is 32.6 Å². The molecule has 8 heteroatoms. The number of nitrogens with one attached hydrogen (secondary N) is 1. The van der Waals surface area contributed by atoms with Crippen molar-refractivity contribution in [2.45, 2.75) is 43.8 Å². The van der Waals surface area contributed by atoms with E-state index in [1.165, 1.54) is 48.8 Å². The molecule has 4 atom stereocenters. The number of thiophene rings is 2. The first-order valence-electron chi connectivity index (χ1n) is 12.1. The first-order valence-corrected chi connectivity index (χ1v) is 14.9. The van der Waals surface area contributed by atoms with Gasteiger partial charge in [0.2, 0.25) is 5.91 Å². The molecule has 1 N–H and O–H groups in total. The third-order valence-electron chi connectivity index (χ3n) is 7.53. The second-order valence-electron chi connectivity index (χ2n) is 9.66. The average molecular weight is 522 g/mol. The van der Waals surface area contributed by atoms with Crippen LogP contribution in [0.25, 0.3) is 26.3 Å². The number of carbonyl (C=O) groups excluding carboxylic acids is 1. The Morgan fingerprint density at radius 2 is 2.03 bits per heavy atom. The van der Waals surface area contributed by atoms with Crippen molar-refractivity contribution in [3.05, 3.63) is 63.6 Å². The van der Waals surface area contributed by atoms with Crippen LogP contribution in [0, 0.1) is 17.8 Å². The highest BCUT2D eigenvalue weighted by Crippen LogP contribution is 2.49. The smallest absolute Gasteiger partial charge is 0.268 e. The lowest BCUT2D eigenvalue weighted by atomic mass is 9.84. The minimum Gasteiger partial charge on any atom is -0.353 e. The highest BCUT2D eigenvalue weighted by molar-refractivity contribution is 7.99. The Kier molecular flexibility index (Phi) is 6.28. The molecule has 3 heterocycles. The number of carbonyl (C=O) groups is 1. The molecule has 2 aliphatic rings. The summed E-state index contributed by atoms with van der Waals surface area (Å²) in [6, 6.07) is 13.8. The van der Waals surface area contributed by atoms with Gasteiger partial charge in [-0.2, -0.15) is 0 Å². The molecule has 3 aromatic heterocycles. The Labute approximate surface area is 216 Å². The summed E-state index contributed by atoms with van der Waals surface area (Å²) in [5.41, 5.74) is 1.59. The quantitative estimate of drug-likeness (QED) is 0.232. The van der Waals surface area contributed by atoms with E-state index in [1.807, 2.05) is 53.2 Å². The van der Waals surface area contributed by atoms with Gasteiger partial charge in [-0.05, 0) is 67.5 Å². The molecule has 0 radical (unpaired) electrons. The number of para-hydroxylation sites is 1. The summed E-state index contributed by atoms with van der Waals surface area (Å²) in [5.74, 6) is 2.47. The summed E-state index contributed by atoms with van der Waals surface area (Å²) in [4.78, 5) is 33.4. The fourth-order valence-corrected chi connectivity index (χ4v) is 8.55. The van der Waals surface area contributed by atoms with Crippen molar-refractivity contribution < 1.29 is 4.79 Å². The van der Waals surface area contributed by atoms with E-state index >= 15 is 0 Å². The predicted molar refractivity (Wildman–Crippen MR) is 146 cm³/mol. The molecule has 0 spiro atoms. The van der Waals surface area contributed by atoms with E-state index in [9.17, 15) is 9.59 Å². The van der Waals surface area contributed by atoms with Crippen molar-refractivity contribution in [1.82, 2.24) is 14.9 Å². The highest BCUT2D eigenvalue weighted by Gasteiger charge is 2.42. The number of nitrogens with zero attached hydrogens (tertiary/aromatic N) is 2. The van der Waals surface area contributed by atoms with Gasteiger partial charge in [-0.3, -0.25) is 14.2 Å². The van der Waals surface area contributed by atoms with Gasteiger partial charge in [-0.25, -0.2) is 4.98 Å². The topological polar surface area (TPSA) is 64.0 Å². The fraction of sp³-hybridized carbons (Fsp3) is 0.370. The number of benzene rings is 1. The maximum absolute atomic E-state index is 13.8. The molecule has 1 aromatic carbocycles. The number of amides is 1. The first-order chi connectivity index (χ1) is 17.1. The van der Waals surface area contributed by atoms with E-state index in [2.05, 4.69) is 12.2 Å². The summed E-state index contributed by atoms with van der Waals surface area (Å²) in [6.45, 7) is 2.15. The third kappa shape index (κ3) is 4.36. The largest absolute Gasteiger partial charge is 0.353 e. The van der Waals surface area contributed by atoms with Crippen molar-refractivity contribution in [1.29, 1.82) is 0 Å². The van der Waals surface area contributed by atoms with Crippen LogP contribution in [0.4, 0.5) is 0 Å². The molecule has 4 aromatic rings. The van der Waals surface area contributed by atoms with E-state index in [0.29, 0.717) is 21.3 Å². The van der Waals surface area contributed by atoms with E-state index in [1.54, 1.807) is 15.9 Å². The van der Waals surface area contributed by atoms with Gasteiger partial charge < -0.3 is 5.32 Å². The molecule has 5 nitrogen and oxygen atoms in total. The number of rotatable bonds is 7. The summed E-state index contributed by atoms with van der Waals surface area (Å²) in [7, 11) is 0. The highest BCUT2D eigenvalue weighted by atomic mass is 32.2. The second kappa shape index (κ2) is 9.56. The van der Waals surface area contributed by atoms with Crippen LogP contribution in [0.2, 0.25) is 0 Å². The summed E-state index contributed by atoms with van der Waals surface area (Å²) >= 11 is 4.43. The molecular formula is C27H27N3O2S3. The number of hydrogen-bond donors (Lipinski definition) is 1. The third-order valence-corrected chi connectivity index (χ3v) is 10.2. The Morgan fingerprint density at radius 3 is 2.74 bits per heavy atom. The molecule has 0 unspecified atom stereocenters. The number of thioether (sulfide) groups is 1. The number of hydrogen-bond acceptors (Lipinski definition) is 6. The van der Waals surface area contributed by atoms with E-state index < -0.39 is 0 Å². The maximum Gasteiger partial charge on any atom is 0.268 e. The molecule has 180 valence electrons. The Hall–Kier alpha value is -2.42. The molecule has 35 heavy (non-hydrogen) atoms. The van der Waals surface area contributed by atoms with Crippen molar-refractivity contribution >= 4 is 50.6 Å². The van der Waals surface area contributed by atoms with Gasteiger partial charge in [-0.15, -0.1) is 22.7 Å². The molecule has 2 bridgehead atoms. The van der Waals surface area contributed by atoms with Crippen LogP contribution >= 0.6 is 34.4 Å². The van der Waals surface area contributed by atoms with Crippen LogP contribution in [-0.2, 0) is 4.79 Å². The van der Waals surface area contributed by atoms with E-state index in [-0.39, 0.29) is 23.3 Å². The Bertz CT molecular complexity index is 1410. The van der Waals surface area contributed by atoms with E-state index in [4.69, 9.17) is 4.98 Å². The van der Waals surface area contributed by atoms with Gasteiger partial charge in [0.05, 0.1) is 16.8 Å². The average Bonchev–Trinajstić information content (AvgIpc) is 3.67. The SMILES string of the molecule is C[C@H](NC(=O)CSc1nc2scc(-c3cccs3)c2c(=O)n1-c1ccccc1)[C@@H]1C[C@@H]2CC[C@@H]1C2. The summed E-state index contributed by atoms with van der Waals surface area (Å²) in [5, 5.41) is 8.46. The summed E-state index contributed by atoms with van der Waals surface area (Å²) in [6.07, 6.45) is 5.25. The van der Waals surface area contributed by atoms with Crippen LogP contribution in [0.5, 0.6) is 0 Å². The lowest BCUT2D eigenvalue weighted by Crippen LogP contribution is -2.41. The van der Waals surface area contributed by atoms with Crippen molar-refractivity contribution in [3.8, 4) is 16.1 Å². The van der Waals surface area contributed by atoms with Gasteiger partial charge in [-0.1, -0.05) is 42.4 Å². The molecule has 2 aliphatic carbocycles. The van der Waals surface area contributed by atoms with E-state index in [0.717, 1.165) is 28.0 Å². The molecule has 2 saturated carbocycles.